The fourth-order valence-electron chi connectivity index (χ4n) is 6.02. The number of methoxy groups -OCH3 is 1. The van der Waals surface area contributed by atoms with E-state index in [-0.39, 0.29) is 0 Å². The smallest absolute Gasteiger partial charge is 0.245 e. The van der Waals surface area contributed by atoms with Gasteiger partial charge in [0.1, 0.15) is 5.75 Å². The van der Waals surface area contributed by atoms with Crippen molar-refractivity contribution in [2.24, 2.45) is 23.7 Å². The molecule has 0 atom stereocenters. The Morgan fingerprint density at radius 3 is 2.24 bits per heavy atom. The van der Waals surface area contributed by atoms with Gasteiger partial charge in [-0.05, 0) is 78.2 Å². The summed E-state index contributed by atoms with van der Waals surface area (Å²) < 4.78 is 10.3. The van der Waals surface area contributed by atoms with Gasteiger partial charge in [-0.2, -0.15) is 0 Å². The fraction of sp³-hybridized carbons (Fsp3) is 0.524. The van der Waals surface area contributed by atoms with Crippen LogP contribution in [-0.2, 0) is 0 Å². The van der Waals surface area contributed by atoms with Crippen LogP contribution in [0.4, 0.5) is 17.3 Å². The van der Waals surface area contributed by atoms with Crippen LogP contribution in [-0.4, -0.2) is 33.4 Å². The second kappa shape index (κ2) is 6.57. The summed E-state index contributed by atoms with van der Waals surface area (Å²) in [5.41, 5.74) is 1.63. The zero-order valence-electron chi connectivity index (χ0n) is 16.3. The van der Waals surface area contributed by atoms with Gasteiger partial charge in [0.25, 0.3) is 0 Å². The first kappa shape index (κ1) is 17.0. The average molecular weight is 392 g/mol. The lowest BCUT2D eigenvalue weighted by atomic mass is 9.54. The van der Waals surface area contributed by atoms with Crippen molar-refractivity contribution in [3.63, 3.8) is 0 Å². The van der Waals surface area contributed by atoms with Crippen molar-refractivity contribution >= 4 is 28.6 Å². The molecule has 4 aliphatic rings. The van der Waals surface area contributed by atoms with Gasteiger partial charge in [0.15, 0.2) is 11.6 Å². The van der Waals surface area contributed by atoms with Gasteiger partial charge >= 0.3 is 0 Å². The van der Waals surface area contributed by atoms with Crippen molar-refractivity contribution in [3.8, 4) is 5.75 Å². The van der Waals surface area contributed by atoms with E-state index in [0.29, 0.717) is 29.0 Å². The maximum Gasteiger partial charge on any atom is 0.245 e. The van der Waals surface area contributed by atoms with Gasteiger partial charge in [-0.25, -0.2) is 14.6 Å². The van der Waals surface area contributed by atoms with Gasteiger partial charge in [0.05, 0.1) is 12.8 Å². The topological polar surface area (TPSA) is 98.0 Å². The number of para-hydroxylation sites is 2. The van der Waals surface area contributed by atoms with Crippen molar-refractivity contribution in [2.45, 2.75) is 38.1 Å². The van der Waals surface area contributed by atoms with E-state index in [0.717, 1.165) is 35.1 Å². The molecule has 2 N–H and O–H groups in total. The van der Waals surface area contributed by atoms with Crippen molar-refractivity contribution in [3.05, 3.63) is 24.3 Å². The highest BCUT2D eigenvalue weighted by Crippen LogP contribution is 2.54. The third kappa shape index (κ3) is 2.89. The number of nitrogens with zero attached hydrogens (tertiary/aromatic N) is 4. The Kier molecular flexibility index (Phi) is 3.85. The lowest BCUT2D eigenvalue weighted by Crippen LogP contribution is -2.51. The van der Waals surface area contributed by atoms with Crippen LogP contribution in [0.3, 0.4) is 0 Å². The number of nitrogens with one attached hydrogen (secondary N) is 2. The van der Waals surface area contributed by atoms with E-state index in [2.05, 4.69) is 25.9 Å². The van der Waals surface area contributed by atoms with Crippen molar-refractivity contribution in [2.75, 3.05) is 17.7 Å². The molecule has 8 heteroatoms. The maximum absolute atomic E-state index is 5.48. The summed E-state index contributed by atoms with van der Waals surface area (Å²) in [6.07, 6.45) is 6.78. The molecule has 0 amide bonds. The molecule has 2 heterocycles. The number of rotatable bonds is 5. The number of aromatic nitrogens is 4. The van der Waals surface area contributed by atoms with E-state index in [1.807, 2.05) is 24.3 Å². The Morgan fingerprint density at radius 2 is 1.55 bits per heavy atom. The summed E-state index contributed by atoms with van der Waals surface area (Å²) in [6, 6.07) is 8.20. The number of hydrogen-bond acceptors (Lipinski definition) is 8. The molecule has 0 spiro atoms. The van der Waals surface area contributed by atoms with E-state index in [9.17, 15) is 0 Å². The predicted molar refractivity (Wildman–Crippen MR) is 108 cm³/mol. The minimum absolute atomic E-state index is 0.387. The zero-order chi connectivity index (χ0) is 19.4. The molecule has 1 aromatic carbocycles. The molecule has 0 aliphatic heterocycles. The standard InChI is InChI=1S/C21H24N6O2/c1-28-16-5-3-2-4-15(16)22-18-19(25-21-20(24-18)26-29-27-21)23-17-13-7-11-6-12(9-13)10-14(17)8-11/h2-5,11-14,17H,6-10H2,1H3,(H,22,24,26)(H,23,25,27). The fourth-order valence-corrected chi connectivity index (χ4v) is 6.02. The molecule has 150 valence electrons. The Labute approximate surface area is 168 Å². The molecule has 8 nitrogen and oxygen atoms in total. The summed E-state index contributed by atoms with van der Waals surface area (Å²) in [4.78, 5) is 9.32. The first-order chi connectivity index (χ1) is 14.3. The lowest BCUT2D eigenvalue weighted by Gasteiger charge is -2.54. The summed E-state index contributed by atoms with van der Waals surface area (Å²) in [5, 5.41) is 14.9. The highest BCUT2D eigenvalue weighted by Gasteiger charge is 2.48. The van der Waals surface area contributed by atoms with Gasteiger partial charge < -0.3 is 15.4 Å². The van der Waals surface area contributed by atoms with E-state index in [1.54, 1.807) is 7.11 Å². The molecule has 4 bridgehead atoms. The third-order valence-corrected chi connectivity index (χ3v) is 7.00. The van der Waals surface area contributed by atoms with E-state index >= 15 is 0 Å². The van der Waals surface area contributed by atoms with Crippen LogP contribution >= 0.6 is 0 Å². The quantitative estimate of drug-likeness (QED) is 0.672. The number of hydrogen-bond donors (Lipinski definition) is 2. The van der Waals surface area contributed by atoms with Crippen LogP contribution in [0, 0.1) is 23.7 Å². The SMILES string of the molecule is COc1ccccc1Nc1nc2nonc2nc1NC1C2CC3CC(C2)CC1C3. The second-order valence-electron chi connectivity index (χ2n) is 8.76. The first-order valence-corrected chi connectivity index (χ1v) is 10.4. The largest absolute Gasteiger partial charge is 0.495 e. The van der Waals surface area contributed by atoms with Gasteiger partial charge in [-0.1, -0.05) is 12.1 Å². The highest BCUT2D eigenvalue weighted by molar-refractivity contribution is 5.78. The number of anilines is 3. The van der Waals surface area contributed by atoms with Crippen molar-refractivity contribution in [1.29, 1.82) is 0 Å². The Balaban J connectivity index is 1.36. The second-order valence-corrected chi connectivity index (χ2v) is 8.76. The molecular weight excluding hydrogens is 368 g/mol. The first-order valence-electron chi connectivity index (χ1n) is 10.4. The van der Waals surface area contributed by atoms with Crippen molar-refractivity contribution < 1.29 is 9.37 Å². The van der Waals surface area contributed by atoms with Crippen LogP contribution in [0.2, 0.25) is 0 Å². The molecule has 3 aromatic rings. The normalized spacial score (nSPS) is 29.9. The minimum atomic E-state index is 0.387. The van der Waals surface area contributed by atoms with E-state index in [1.165, 1.54) is 32.1 Å². The van der Waals surface area contributed by atoms with Crippen LogP contribution in [0.5, 0.6) is 5.75 Å². The molecule has 0 saturated heterocycles. The number of fused-ring (bicyclic) bond motifs is 1. The maximum atomic E-state index is 5.48. The summed E-state index contributed by atoms with van der Waals surface area (Å²) in [5.74, 6) is 5.36. The average Bonchev–Trinajstić information content (AvgIpc) is 3.18. The van der Waals surface area contributed by atoms with Crippen LogP contribution in [0.15, 0.2) is 28.9 Å². The minimum Gasteiger partial charge on any atom is -0.495 e. The highest BCUT2D eigenvalue weighted by atomic mass is 16.6. The number of ether oxygens (including phenoxy) is 1. The van der Waals surface area contributed by atoms with Gasteiger partial charge in [-0.15, -0.1) is 0 Å². The molecule has 0 unspecified atom stereocenters. The predicted octanol–water partition coefficient (Wildman–Crippen LogP) is 4.00. The van der Waals surface area contributed by atoms with Gasteiger partial charge in [0, 0.05) is 6.04 Å². The third-order valence-electron chi connectivity index (χ3n) is 7.00. The molecule has 2 aromatic heterocycles. The molecule has 0 radical (unpaired) electrons. The van der Waals surface area contributed by atoms with E-state index < -0.39 is 0 Å². The van der Waals surface area contributed by atoms with Crippen LogP contribution in [0.25, 0.3) is 11.3 Å². The molecule has 7 rings (SSSR count). The molecule has 4 fully saturated rings. The molecule has 4 aliphatic carbocycles. The zero-order valence-corrected chi connectivity index (χ0v) is 16.3. The van der Waals surface area contributed by atoms with Crippen molar-refractivity contribution in [1.82, 2.24) is 20.3 Å². The Morgan fingerprint density at radius 1 is 0.897 bits per heavy atom. The molecule has 29 heavy (non-hydrogen) atoms. The molecule has 4 saturated carbocycles. The Bertz CT molecular complexity index is 1020. The molecular formula is C21H24N6O2. The monoisotopic (exact) mass is 392 g/mol. The summed E-state index contributed by atoms with van der Waals surface area (Å²) >= 11 is 0. The summed E-state index contributed by atoms with van der Waals surface area (Å²) in [6.45, 7) is 0. The number of benzene rings is 1. The summed E-state index contributed by atoms with van der Waals surface area (Å²) in [7, 11) is 1.66. The van der Waals surface area contributed by atoms with Gasteiger partial charge in [-0.3, -0.25) is 0 Å². The Hall–Kier alpha value is -2.90. The van der Waals surface area contributed by atoms with E-state index in [4.69, 9.17) is 14.3 Å². The lowest BCUT2D eigenvalue weighted by molar-refractivity contribution is 0.00744. The van der Waals surface area contributed by atoms with Gasteiger partial charge in [0.2, 0.25) is 11.3 Å². The van der Waals surface area contributed by atoms with Crippen LogP contribution in [0.1, 0.15) is 32.1 Å². The van der Waals surface area contributed by atoms with Crippen LogP contribution < -0.4 is 15.4 Å².